The van der Waals surface area contributed by atoms with Crippen LogP contribution in [0, 0.1) is 5.82 Å². The molecule has 132 valence electrons. The molecule has 0 amide bonds. The second-order valence-corrected chi connectivity index (χ2v) is 6.13. The monoisotopic (exact) mass is 349 g/mol. The van der Waals surface area contributed by atoms with Crippen LogP contribution in [0.4, 0.5) is 4.39 Å². The molecular weight excluding hydrogens is 329 g/mol. The highest BCUT2D eigenvalue weighted by molar-refractivity contribution is 5.83. The second-order valence-electron chi connectivity index (χ2n) is 6.13. The fourth-order valence-corrected chi connectivity index (χ4v) is 2.97. The van der Waals surface area contributed by atoms with Crippen LogP contribution in [0.25, 0.3) is 0 Å². The molecule has 3 rings (SSSR count). The molecule has 0 spiro atoms. The average molecular weight is 349 g/mol. The van der Waals surface area contributed by atoms with Gasteiger partial charge < -0.3 is 10.2 Å². The number of phenols is 1. The van der Waals surface area contributed by atoms with Crippen LogP contribution >= 0.6 is 0 Å². The Morgan fingerprint density at radius 2 is 1.42 bits per heavy atom. The molecular formula is C22H20FNO2. The van der Waals surface area contributed by atoms with Crippen molar-refractivity contribution in [2.24, 2.45) is 4.99 Å². The first-order valence-corrected chi connectivity index (χ1v) is 8.37. The maximum absolute atomic E-state index is 13.5. The zero-order valence-electron chi connectivity index (χ0n) is 14.4. The van der Waals surface area contributed by atoms with E-state index in [4.69, 9.17) is 0 Å². The topological polar surface area (TPSA) is 52.8 Å². The lowest BCUT2D eigenvalue weighted by Crippen LogP contribution is -2.38. The summed E-state index contributed by atoms with van der Waals surface area (Å²) in [4.78, 5) is 4.42. The SMILES string of the molecule is C[C@@H](N=Cc1cccc(F)c1O)C(O)(c1ccccc1)c1ccccc1. The van der Waals surface area contributed by atoms with E-state index in [1.165, 1.54) is 18.3 Å². The van der Waals surface area contributed by atoms with Crippen LogP contribution in [0.3, 0.4) is 0 Å². The number of aliphatic hydroxyl groups is 1. The molecule has 0 bridgehead atoms. The van der Waals surface area contributed by atoms with Crippen LogP contribution in [-0.4, -0.2) is 22.5 Å². The maximum Gasteiger partial charge on any atom is 0.165 e. The van der Waals surface area contributed by atoms with Crippen molar-refractivity contribution in [1.82, 2.24) is 0 Å². The quantitative estimate of drug-likeness (QED) is 0.676. The Balaban J connectivity index is 2.02. The Hall–Kier alpha value is -2.98. The number of para-hydroxylation sites is 1. The molecule has 3 aromatic rings. The summed E-state index contributed by atoms with van der Waals surface area (Å²) in [5.74, 6) is -1.16. The van der Waals surface area contributed by atoms with Crippen LogP contribution in [0.1, 0.15) is 23.6 Å². The third-order valence-corrected chi connectivity index (χ3v) is 4.49. The van der Waals surface area contributed by atoms with Gasteiger partial charge in [-0.05, 0) is 30.2 Å². The van der Waals surface area contributed by atoms with Crippen molar-refractivity contribution < 1.29 is 14.6 Å². The Morgan fingerprint density at radius 3 is 1.96 bits per heavy atom. The predicted molar refractivity (Wildman–Crippen MR) is 101 cm³/mol. The highest BCUT2D eigenvalue weighted by atomic mass is 19.1. The lowest BCUT2D eigenvalue weighted by Gasteiger charge is -2.33. The molecule has 0 radical (unpaired) electrons. The smallest absolute Gasteiger partial charge is 0.165 e. The lowest BCUT2D eigenvalue weighted by molar-refractivity contribution is 0.0589. The van der Waals surface area contributed by atoms with Gasteiger partial charge in [0.1, 0.15) is 5.60 Å². The molecule has 0 aliphatic heterocycles. The van der Waals surface area contributed by atoms with Crippen molar-refractivity contribution >= 4 is 6.21 Å². The first kappa shape index (κ1) is 17.8. The van der Waals surface area contributed by atoms with E-state index >= 15 is 0 Å². The number of halogens is 1. The molecule has 0 unspecified atom stereocenters. The number of benzene rings is 3. The van der Waals surface area contributed by atoms with E-state index in [1.807, 2.05) is 60.7 Å². The summed E-state index contributed by atoms with van der Waals surface area (Å²) in [5.41, 5.74) is 0.320. The van der Waals surface area contributed by atoms with Gasteiger partial charge in [0, 0.05) is 11.8 Å². The number of hydrogen-bond acceptors (Lipinski definition) is 3. The van der Waals surface area contributed by atoms with E-state index in [0.717, 1.165) is 0 Å². The third-order valence-electron chi connectivity index (χ3n) is 4.49. The van der Waals surface area contributed by atoms with Crippen LogP contribution in [0.5, 0.6) is 5.75 Å². The normalized spacial score (nSPS) is 13.0. The fourth-order valence-electron chi connectivity index (χ4n) is 2.97. The van der Waals surface area contributed by atoms with Gasteiger partial charge in [-0.25, -0.2) is 4.39 Å². The Labute approximate surface area is 152 Å². The molecule has 2 N–H and O–H groups in total. The van der Waals surface area contributed by atoms with E-state index in [9.17, 15) is 14.6 Å². The van der Waals surface area contributed by atoms with Crippen LogP contribution < -0.4 is 0 Å². The minimum Gasteiger partial charge on any atom is -0.504 e. The molecule has 0 aromatic heterocycles. The van der Waals surface area contributed by atoms with Gasteiger partial charge in [0.25, 0.3) is 0 Å². The molecule has 0 heterocycles. The van der Waals surface area contributed by atoms with Gasteiger partial charge in [0.15, 0.2) is 11.6 Å². The predicted octanol–water partition coefficient (Wildman–Crippen LogP) is 4.27. The van der Waals surface area contributed by atoms with E-state index in [-0.39, 0.29) is 5.56 Å². The fraction of sp³-hybridized carbons (Fsp3) is 0.136. The van der Waals surface area contributed by atoms with Gasteiger partial charge >= 0.3 is 0 Å². The van der Waals surface area contributed by atoms with Crippen LogP contribution in [0.2, 0.25) is 0 Å². The van der Waals surface area contributed by atoms with Crippen LogP contribution in [-0.2, 0) is 5.60 Å². The van der Waals surface area contributed by atoms with Gasteiger partial charge in [-0.2, -0.15) is 0 Å². The summed E-state index contributed by atoms with van der Waals surface area (Å²) in [6.45, 7) is 1.78. The summed E-state index contributed by atoms with van der Waals surface area (Å²) < 4.78 is 13.5. The summed E-state index contributed by atoms with van der Waals surface area (Å²) >= 11 is 0. The van der Waals surface area contributed by atoms with E-state index in [0.29, 0.717) is 11.1 Å². The van der Waals surface area contributed by atoms with E-state index in [2.05, 4.69) is 4.99 Å². The average Bonchev–Trinajstić information content (AvgIpc) is 2.69. The van der Waals surface area contributed by atoms with Crippen molar-refractivity contribution in [2.45, 2.75) is 18.6 Å². The van der Waals surface area contributed by atoms with E-state index < -0.39 is 23.2 Å². The Bertz CT molecular complexity index is 855. The Kier molecular flexibility index (Phi) is 5.14. The molecule has 26 heavy (non-hydrogen) atoms. The third kappa shape index (κ3) is 3.37. The highest BCUT2D eigenvalue weighted by Crippen LogP contribution is 2.34. The molecule has 1 atom stereocenters. The molecule has 0 aliphatic carbocycles. The van der Waals surface area contributed by atoms with Crippen molar-refractivity contribution in [3.8, 4) is 5.75 Å². The highest BCUT2D eigenvalue weighted by Gasteiger charge is 2.37. The molecule has 0 saturated heterocycles. The molecule has 4 heteroatoms. The lowest BCUT2D eigenvalue weighted by atomic mass is 9.81. The number of aromatic hydroxyl groups is 1. The summed E-state index contributed by atoms with van der Waals surface area (Å²) in [7, 11) is 0. The molecule has 3 aromatic carbocycles. The van der Waals surface area contributed by atoms with E-state index in [1.54, 1.807) is 13.0 Å². The minimum absolute atomic E-state index is 0.264. The summed E-state index contributed by atoms with van der Waals surface area (Å²) in [6.07, 6.45) is 1.39. The molecule has 0 aliphatic rings. The van der Waals surface area contributed by atoms with Gasteiger partial charge in [0.05, 0.1) is 6.04 Å². The van der Waals surface area contributed by atoms with Gasteiger partial charge in [-0.1, -0.05) is 66.7 Å². The number of nitrogens with zero attached hydrogens (tertiary/aromatic N) is 1. The van der Waals surface area contributed by atoms with Gasteiger partial charge in [0.2, 0.25) is 0 Å². The minimum atomic E-state index is -1.36. The zero-order valence-corrected chi connectivity index (χ0v) is 14.4. The molecule has 3 nitrogen and oxygen atoms in total. The largest absolute Gasteiger partial charge is 0.504 e. The van der Waals surface area contributed by atoms with Crippen LogP contribution in [0.15, 0.2) is 83.9 Å². The zero-order chi connectivity index (χ0) is 18.6. The number of phenolic OH excluding ortho intramolecular Hbond substituents is 1. The van der Waals surface area contributed by atoms with Crippen molar-refractivity contribution in [1.29, 1.82) is 0 Å². The second kappa shape index (κ2) is 7.50. The Morgan fingerprint density at radius 1 is 0.885 bits per heavy atom. The van der Waals surface area contributed by atoms with Gasteiger partial charge in [-0.3, -0.25) is 4.99 Å². The van der Waals surface area contributed by atoms with Crippen molar-refractivity contribution in [3.05, 3.63) is 101 Å². The van der Waals surface area contributed by atoms with Crippen molar-refractivity contribution in [3.63, 3.8) is 0 Å². The number of rotatable bonds is 5. The first-order chi connectivity index (χ1) is 12.5. The molecule has 0 fully saturated rings. The summed E-state index contributed by atoms with van der Waals surface area (Å²) in [5, 5.41) is 21.4. The first-order valence-electron chi connectivity index (χ1n) is 8.37. The molecule has 0 saturated carbocycles. The summed E-state index contributed by atoms with van der Waals surface area (Å²) in [6, 6.07) is 22.3. The number of hydrogen-bond donors (Lipinski definition) is 2. The standard InChI is InChI=1S/C22H20FNO2/c1-16(24-15-17-9-8-14-20(23)21(17)25)22(26,18-10-4-2-5-11-18)19-12-6-3-7-13-19/h2-16,25-26H,1H3/t16-/m1/s1. The maximum atomic E-state index is 13.5. The number of aliphatic imine (C=N–C) groups is 1. The van der Waals surface area contributed by atoms with Crippen molar-refractivity contribution in [2.75, 3.05) is 0 Å². The van der Waals surface area contributed by atoms with Gasteiger partial charge in [-0.15, -0.1) is 0 Å².